The Morgan fingerprint density at radius 1 is 1.43 bits per heavy atom. The molecule has 1 aromatic carbocycles. The molecule has 2 amide bonds. The lowest BCUT2D eigenvalue weighted by atomic mass is 10.0. The molecule has 21 heavy (non-hydrogen) atoms. The van der Waals surface area contributed by atoms with Crippen molar-refractivity contribution in [1.82, 2.24) is 10.6 Å². The summed E-state index contributed by atoms with van der Waals surface area (Å²) in [5.74, 6) is -0.614. The van der Waals surface area contributed by atoms with E-state index in [0.29, 0.717) is 18.4 Å². The number of rotatable bonds is 4. The number of imide groups is 1. The summed E-state index contributed by atoms with van der Waals surface area (Å²) in [5.41, 5.74) is 1.39. The van der Waals surface area contributed by atoms with E-state index in [1.807, 2.05) is 6.92 Å². The standard InChI is InChI=1S/C14H17N3O4/c1-8-3-4-10(7-12(8)17(20)21)9(2)15-11-5-6-13(18)16-14(11)19/h3-4,7,9,11,15H,5-6H2,1-2H3,(H,16,18,19). The molecule has 0 aromatic heterocycles. The van der Waals surface area contributed by atoms with E-state index in [1.54, 1.807) is 19.1 Å². The first-order valence-corrected chi connectivity index (χ1v) is 6.73. The maximum absolute atomic E-state index is 11.7. The molecular formula is C14H17N3O4. The highest BCUT2D eigenvalue weighted by atomic mass is 16.6. The molecule has 112 valence electrons. The van der Waals surface area contributed by atoms with E-state index in [0.717, 1.165) is 5.56 Å². The minimum absolute atomic E-state index is 0.0597. The predicted molar refractivity (Wildman–Crippen MR) is 75.6 cm³/mol. The van der Waals surface area contributed by atoms with Crippen molar-refractivity contribution in [2.75, 3.05) is 0 Å². The first kappa shape index (κ1) is 15.1. The highest BCUT2D eigenvalue weighted by molar-refractivity contribution is 6.00. The van der Waals surface area contributed by atoms with Crippen LogP contribution in [0.3, 0.4) is 0 Å². The zero-order chi connectivity index (χ0) is 15.6. The van der Waals surface area contributed by atoms with E-state index >= 15 is 0 Å². The Labute approximate surface area is 121 Å². The molecule has 2 atom stereocenters. The summed E-state index contributed by atoms with van der Waals surface area (Å²) in [6.07, 6.45) is 0.729. The molecule has 1 saturated heterocycles. The van der Waals surface area contributed by atoms with E-state index in [-0.39, 0.29) is 23.5 Å². The monoisotopic (exact) mass is 291 g/mol. The van der Waals surface area contributed by atoms with Crippen molar-refractivity contribution in [3.8, 4) is 0 Å². The number of hydrogen-bond acceptors (Lipinski definition) is 5. The number of piperidine rings is 1. The average molecular weight is 291 g/mol. The van der Waals surface area contributed by atoms with Crippen LogP contribution in [-0.4, -0.2) is 22.8 Å². The van der Waals surface area contributed by atoms with Crippen LogP contribution in [-0.2, 0) is 9.59 Å². The SMILES string of the molecule is Cc1ccc(C(C)NC2CCC(=O)NC2=O)cc1[N+](=O)[O-]. The van der Waals surface area contributed by atoms with Crippen LogP contribution in [0.15, 0.2) is 18.2 Å². The fraction of sp³-hybridized carbons (Fsp3) is 0.429. The Hall–Kier alpha value is -2.28. The second-order valence-corrected chi connectivity index (χ2v) is 5.20. The van der Waals surface area contributed by atoms with Gasteiger partial charge < -0.3 is 0 Å². The van der Waals surface area contributed by atoms with Crippen LogP contribution in [0.2, 0.25) is 0 Å². The zero-order valence-corrected chi connectivity index (χ0v) is 11.9. The number of nitrogens with one attached hydrogen (secondary N) is 2. The van der Waals surface area contributed by atoms with E-state index in [4.69, 9.17) is 0 Å². The maximum atomic E-state index is 11.7. The third-order valence-electron chi connectivity index (χ3n) is 3.62. The third kappa shape index (κ3) is 3.43. The Morgan fingerprint density at radius 2 is 2.14 bits per heavy atom. The van der Waals surface area contributed by atoms with Crippen LogP contribution in [0.25, 0.3) is 0 Å². The van der Waals surface area contributed by atoms with Crippen LogP contribution in [0.5, 0.6) is 0 Å². The summed E-state index contributed by atoms with van der Waals surface area (Å²) in [6, 6.07) is 4.31. The molecule has 2 unspecified atom stereocenters. The van der Waals surface area contributed by atoms with Gasteiger partial charge in [-0.1, -0.05) is 12.1 Å². The van der Waals surface area contributed by atoms with E-state index in [9.17, 15) is 19.7 Å². The second-order valence-electron chi connectivity index (χ2n) is 5.20. The quantitative estimate of drug-likeness (QED) is 0.495. The molecule has 1 fully saturated rings. The van der Waals surface area contributed by atoms with Gasteiger partial charge in [0, 0.05) is 24.1 Å². The van der Waals surface area contributed by atoms with Gasteiger partial charge in [-0.25, -0.2) is 0 Å². The van der Waals surface area contributed by atoms with Crippen LogP contribution in [0.1, 0.15) is 36.9 Å². The van der Waals surface area contributed by atoms with Crippen molar-refractivity contribution < 1.29 is 14.5 Å². The third-order valence-corrected chi connectivity index (χ3v) is 3.62. The normalized spacial score (nSPS) is 20.0. The Balaban J connectivity index is 2.11. The number of nitro groups is 1. The summed E-state index contributed by atoms with van der Waals surface area (Å²) >= 11 is 0. The van der Waals surface area contributed by atoms with Crippen LogP contribution in [0.4, 0.5) is 5.69 Å². The van der Waals surface area contributed by atoms with Crippen molar-refractivity contribution in [2.24, 2.45) is 0 Å². The van der Waals surface area contributed by atoms with Crippen molar-refractivity contribution in [3.05, 3.63) is 39.4 Å². The van der Waals surface area contributed by atoms with Gasteiger partial charge >= 0.3 is 0 Å². The Morgan fingerprint density at radius 3 is 2.76 bits per heavy atom. The maximum Gasteiger partial charge on any atom is 0.272 e. The smallest absolute Gasteiger partial charge is 0.272 e. The molecule has 1 aliphatic rings. The van der Waals surface area contributed by atoms with E-state index in [1.165, 1.54) is 6.07 Å². The molecule has 1 aliphatic heterocycles. The molecule has 2 N–H and O–H groups in total. The summed E-state index contributed by atoms with van der Waals surface area (Å²) in [4.78, 5) is 33.3. The number of benzene rings is 1. The first-order chi connectivity index (χ1) is 9.88. The fourth-order valence-electron chi connectivity index (χ4n) is 2.34. The van der Waals surface area contributed by atoms with Crippen molar-refractivity contribution in [2.45, 2.75) is 38.8 Å². The second kappa shape index (κ2) is 6.01. The molecule has 1 aromatic rings. The molecule has 7 nitrogen and oxygen atoms in total. The van der Waals surface area contributed by atoms with Gasteiger partial charge in [0.15, 0.2) is 0 Å². The van der Waals surface area contributed by atoms with Crippen LogP contribution in [0, 0.1) is 17.0 Å². The molecule has 0 bridgehead atoms. The molecule has 0 radical (unpaired) electrons. The molecule has 2 rings (SSSR count). The number of carbonyl (C=O) groups excluding carboxylic acids is 2. The number of nitro benzene ring substituents is 1. The van der Waals surface area contributed by atoms with Gasteiger partial charge in [0.2, 0.25) is 11.8 Å². The predicted octanol–water partition coefficient (Wildman–Crippen LogP) is 1.36. The van der Waals surface area contributed by atoms with Gasteiger partial charge in [-0.15, -0.1) is 0 Å². The highest BCUT2D eigenvalue weighted by Crippen LogP contribution is 2.24. The zero-order valence-electron chi connectivity index (χ0n) is 11.9. The summed E-state index contributed by atoms with van der Waals surface area (Å²) in [7, 11) is 0. The first-order valence-electron chi connectivity index (χ1n) is 6.73. The lowest BCUT2D eigenvalue weighted by molar-refractivity contribution is -0.385. The molecule has 7 heteroatoms. The molecule has 1 heterocycles. The van der Waals surface area contributed by atoms with Crippen LogP contribution >= 0.6 is 0 Å². The van der Waals surface area contributed by atoms with E-state index in [2.05, 4.69) is 10.6 Å². The summed E-state index contributed by atoms with van der Waals surface area (Å²) < 4.78 is 0. The number of aryl methyl sites for hydroxylation is 1. The summed E-state index contributed by atoms with van der Waals surface area (Å²) in [5, 5.41) is 16.3. The highest BCUT2D eigenvalue weighted by Gasteiger charge is 2.28. The number of nitrogens with zero attached hydrogens (tertiary/aromatic N) is 1. The molecular weight excluding hydrogens is 274 g/mol. The minimum atomic E-state index is -0.460. The van der Waals surface area contributed by atoms with Gasteiger partial charge in [-0.3, -0.25) is 30.3 Å². The van der Waals surface area contributed by atoms with Gasteiger partial charge in [0.25, 0.3) is 5.69 Å². The summed E-state index contributed by atoms with van der Waals surface area (Å²) in [6.45, 7) is 3.51. The molecule has 0 spiro atoms. The van der Waals surface area contributed by atoms with Gasteiger partial charge in [0.05, 0.1) is 11.0 Å². The number of carbonyl (C=O) groups is 2. The number of amides is 2. The lowest BCUT2D eigenvalue weighted by Crippen LogP contribution is -2.51. The van der Waals surface area contributed by atoms with Gasteiger partial charge in [0.1, 0.15) is 0 Å². The van der Waals surface area contributed by atoms with Gasteiger partial charge in [-0.05, 0) is 25.8 Å². The fourth-order valence-corrected chi connectivity index (χ4v) is 2.34. The Bertz CT molecular complexity index is 600. The Kier molecular flexibility index (Phi) is 4.32. The van der Waals surface area contributed by atoms with Crippen molar-refractivity contribution in [1.29, 1.82) is 0 Å². The van der Waals surface area contributed by atoms with Crippen LogP contribution < -0.4 is 10.6 Å². The topological polar surface area (TPSA) is 101 Å². The van der Waals surface area contributed by atoms with E-state index < -0.39 is 11.0 Å². The average Bonchev–Trinajstić information content (AvgIpc) is 2.42. The van der Waals surface area contributed by atoms with Crippen molar-refractivity contribution in [3.63, 3.8) is 0 Å². The van der Waals surface area contributed by atoms with Gasteiger partial charge in [-0.2, -0.15) is 0 Å². The largest absolute Gasteiger partial charge is 0.299 e. The minimum Gasteiger partial charge on any atom is -0.299 e. The lowest BCUT2D eigenvalue weighted by Gasteiger charge is -2.25. The number of hydrogen-bond donors (Lipinski definition) is 2. The molecule has 0 saturated carbocycles. The molecule has 0 aliphatic carbocycles. The van der Waals surface area contributed by atoms with Crippen molar-refractivity contribution >= 4 is 17.5 Å².